The van der Waals surface area contributed by atoms with Crippen molar-refractivity contribution in [3.05, 3.63) is 38.8 Å². The SMILES string of the molecule is CC(NCc1cnn(C)c1)c1ccc(Br)s1. The molecule has 0 aliphatic carbocycles. The first-order valence-electron chi connectivity index (χ1n) is 5.11. The fraction of sp³-hybridized carbons (Fsp3) is 0.364. The Bertz CT molecular complexity index is 463. The van der Waals surface area contributed by atoms with Crippen LogP contribution in [0.15, 0.2) is 28.3 Å². The highest BCUT2D eigenvalue weighted by Crippen LogP contribution is 2.27. The highest BCUT2D eigenvalue weighted by Gasteiger charge is 2.07. The van der Waals surface area contributed by atoms with Gasteiger partial charge in [0.25, 0.3) is 0 Å². The number of hydrogen-bond acceptors (Lipinski definition) is 3. The van der Waals surface area contributed by atoms with Crippen LogP contribution in [-0.4, -0.2) is 9.78 Å². The average Bonchev–Trinajstić information content (AvgIpc) is 2.84. The molecule has 0 saturated carbocycles. The molecule has 0 spiro atoms. The molecule has 1 atom stereocenters. The Morgan fingerprint density at radius 2 is 2.38 bits per heavy atom. The molecule has 0 radical (unpaired) electrons. The molecule has 3 nitrogen and oxygen atoms in total. The first-order valence-corrected chi connectivity index (χ1v) is 6.72. The van der Waals surface area contributed by atoms with Crippen LogP contribution in [0.2, 0.25) is 0 Å². The number of aromatic nitrogens is 2. The van der Waals surface area contributed by atoms with Gasteiger partial charge in [0.2, 0.25) is 0 Å². The highest BCUT2D eigenvalue weighted by atomic mass is 79.9. The van der Waals surface area contributed by atoms with Gasteiger partial charge in [0.1, 0.15) is 0 Å². The van der Waals surface area contributed by atoms with Crippen molar-refractivity contribution in [3.63, 3.8) is 0 Å². The summed E-state index contributed by atoms with van der Waals surface area (Å²) < 4.78 is 3.00. The molecule has 0 aromatic carbocycles. The van der Waals surface area contributed by atoms with E-state index in [-0.39, 0.29) is 0 Å². The van der Waals surface area contributed by atoms with Crippen LogP contribution in [0.5, 0.6) is 0 Å². The van der Waals surface area contributed by atoms with Crippen LogP contribution in [-0.2, 0) is 13.6 Å². The van der Waals surface area contributed by atoms with E-state index in [1.54, 1.807) is 11.3 Å². The quantitative estimate of drug-likeness (QED) is 0.940. The molecule has 16 heavy (non-hydrogen) atoms. The van der Waals surface area contributed by atoms with E-state index in [0.29, 0.717) is 6.04 Å². The number of aryl methyl sites for hydroxylation is 1. The number of hydrogen-bond donors (Lipinski definition) is 1. The number of thiophene rings is 1. The normalized spacial score (nSPS) is 12.9. The van der Waals surface area contributed by atoms with Gasteiger partial charge in [-0.25, -0.2) is 0 Å². The second-order valence-corrected chi connectivity index (χ2v) is 6.26. The topological polar surface area (TPSA) is 29.9 Å². The van der Waals surface area contributed by atoms with Crippen LogP contribution in [0.1, 0.15) is 23.4 Å². The predicted molar refractivity (Wildman–Crippen MR) is 70.5 cm³/mol. The summed E-state index contributed by atoms with van der Waals surface area (Å²) in [5.74, 6) is 0. The van der Waals surface area contributed by atoms with Crippen molar-refractivity contribution in [1.82, 2.24) is 15.1 Å². The first kappa shape index (κ1) is 11.8. The summed E-state index contributed by atoms with van der Waals surface area (Å²) >= 11 is 5.25. The van der Waals surface area contributed by atoms with Gasteiger partial charge in [-0.15, -0.1) is 11.3 Å². The number of rotatable bonds is 4. The van der Waals surface area contributed by atoms with E-state index in [0.717, 1.165) is 6.54 Å². The van der Waals surface area contributed by atoms with Crippen LogP contribution in [0.3, 0.4) is 0 Å². The number of nitrogens with zero attached hydrogens (tertiary/aromatic N) is 2. The van der Waals surface area contributed by atoms with Gasteiger partial charge in [-0.05, 0) is 35.0 Å². The van der Waals surface area contributed by atoms with Gasteiger partial charge < -0.3 is 5.32 Å². The Morgan fingerprint density at radius 1 is 1.56 bits per heavy atom. The van der Waals surface area contributed by atoms with Crippen molar-refractivity contribution in [2.24, 2.45) is 7.05 Å². The third kappa shape index (κ3) is 2.93. The summed E-state index contributed by atoms with van der Waals surface area (Å²) in [6.07, 6.45) is 3.92. The lowest BCUT2D eigenvalue weighted by Crippen LogP contribution is -2.16. The maximum absolute atomic E-state index is 4.14. The minimum atomic E-state index is 0.372. The van der Waals surface area contributed by atoms with E-state index in [2.05, 4.69) is 45.4 Å². The largest absolute Gasteiger partial charge is 0.305 e. The lowest BCUT2D eigenvalue weighted by atomic mass is 10.2. The minimum absolute atomic E-state index is 0.372. The van der Waals surface area contributed by atoms with Crippen molar-refractivity contribution in [2.75, 3.05) is 0 Å². The summed E-state index contributed by atoms with van der Waals surface area (Å²) in [5.41, 5.74) is 1.21. The Balaban J connectivity index is 1.91. The van der Waals surface area contributed by atoms with Crippen LogP contribution >= 0.6 is 27.3 Å². The lowest BCUT2D eigenvalue weighted by Gasteiger charge is -2.10. The molecule has 0 amide bonds. The zero-order valence-corrected chi connectivity index (χ0v) is 11.7. The smallest absolute Gasteiger partial charge is 0.0701 e. The molecule has 2 rings (SSSR count). The summed E-state index contributed by atoms with van der Waals surface area (Å²) in [6, 6.07) is 4.61. The van der Waals surface area contributed by atoms with Crippen molar-refractivity contribution < 1.29 is 0 Å². The molecule has 1 unspecified atom stereocenters. The standard InChI is InChI=1S/C11H14BrN3S/c1-8(10-3-4-11(12)16-10)13-5-9-6-14-15(2)7-9/h3-4,6-8,13H,5H2,1-2H3. The lowest BCUT2D eigenvalue weighted by molar-refractivity contribution is 0.582. The second kappa shape index (κ2) is 5.12. The van der Waals surface area contributed by atoms with E-state index in [4.69, 9.17) is 0 Å². The maximum Gasteiger partial charge on any atom is 0.0701 e. The van der Waals surface area contributed by atoms with Gasteiger partial charge in [-0.2, -0.15) is 5.10 Å². The average molecular weight is 300 g/mol. The first-order chi connectivity index (χ1) is 7.65. The predicted octanol–water partition coefficient (Wildman–Crippen LogP) is 3.09. The van der Waals surface area contributed by atoms with Crippen LogP contribution in [0.25, 0.3) is 0 Å². The van der Waals surface area contributed by atoms with Crippen molar-refractivity contribution in [1.29, 1.82) is 0 Å². The van der Waals surface area contributed by atoms with Gasteiger partial charge >= 0.3 is 0 Å². The zero-order valence-electron chi connectivity index (χ0n) is 9.27. The molecule has 0 aliphatic rings. The summed E-state index contributed by atoms with van der Waals surface area (Å²) in [4.78, 5) is 1.34. The van der Waals surface area contributed by atoms with Gasteiger partial charge in [0, 0.05) is 36.3 Å². The van der Waals surface area contributed by atoms with E-state index in [1.165, 1.54) is 14.2 Å². The molecule has 0 aliphatic heterocycles. The van der Waals surface area contributed by atoms with Crippen molar-refractivity contribution >= 4 is 27.3 Å². The molecule has 86 valence electrons. The van der Waals surface area contributed by atoms with Gasteiger partial charge in [0.05, 0.1) is 9.98 Å². The monoisotopic (exact) mass is 299 g/mol. The summed E-state index contributed by atoms with van der Waals surface area (Å²) in [5, 5.41) is 7.62. The Kier molecular flexibility index (Phi) is 3.78. The van der Waals surface area contributed by atoms with Crippen molar-refractivity contribution in [2.45, 2.75) is 19.5 Å². The number of halogens is 1. The fourth-order valence-electron chi connectivity index (χ4n) is 1.50. The minimum Gasteiger partial charge on any atom is -0.305 e. The molecule has 0 fully saturated rings. The van der Waals surface area contributed by atoms with Crippen molar-refractivity contribution in [3.8, 4) is 0 Å². The molecule has 2 heterocycles. The Labute approximate surface area is 108 Å². The third-order valence-electron chi connectivity index (χ3n) is 2.39. The molecular formula is C11H14BrN3S. The van der Waals surface area contributed by atoms with Gasteiger partial charge in [0.15, 0.2) is 0 Å². The van der Waals surface area contributed by atoms with E-state index >= 15 is 0 Å². The molecule has 0 saturated heterocycles. The maximum atomic E-state index is 4.14. The third-order valence-corrected chi connectivity index (χ3v) is 4.20. The van der Waals surface area contributed by atoms with Crippen LogP contribution < -0.4 is 5.32 Å². The van der Waals surface area contributed by atoms with Crippen LogP contribution in [0, 0.1) is 0 Å². The van der Waals surface area contributed by atoms with Crippen LogP contribution in [0.4, 0.5) is 0 Å². The van der Waals surface area contributed by atoms with Gasteiger partial charge in [-0.1, -0.05) is 0 Å². The molecule has 2 aromatic rings. The van der Waals surface area contributed by atoms with E-state index in [1.807, 2.05) is 24.1 Å². The highest BCUT2D eigenvalue weighted by molar-refractivity contribution is 9.11. The summed E-state index contributed by atoms with van der Waals surface area (Å²) in [7, 11) is 1.93. The Hall–Kier alpha value is -0.650. The molecule has 5 heteroatoms. The zero-order chi connectivity index (χ0) is 11.5. The molecule has 0 bridgehead atoms. The fourth-order valence-corrected chi connectivity index (χ4v) is 2.95. The van der Waals surface area contributed by atoms with Gasteiger partial charge in [-0.3, -0.25) is 4.68 Å². The van der Waals surface area contributed by atoms with E-state index in [9.17, 15) is 0 Å². The molecule has 1 N–H and O–H groups in total. The summed E-state index contributed by atoms with van der Waals surface area (Å²) in [6.45, 7) is 3.03. The number of nitrogens with one attached hydrogen (secondary N) is 1. The second-order valence-electron chi connectivity index (χ2n) is 3.77. The molecule has 2 aromatic heterocycles. The van der Waals surface area contributed by atoms with E-state index < -0.39 is 0 Å². The Morgan fingerprint density at radius 3 is 2.94 bits per heavy atom. The molecular weight excluding hydrogens is 286 g/mol.